The minimum atomic E-state index is -0.0761. The van der Waals surface area contributed by atoms with E-state index in [9.17, 15) is 0 Å². The maximum absolute atomic E-state index is 5.90. The summed E-state index contributed by atoms with van der Waals surface area (Å²) in [4.78, 5) is 11.9. The highest BCUT2D eigenvalue weighted by molar-refractivity contribution is 5.72. The van der Waals surface area contributed by atoms with Gasteiger partial charge in [0.25, 0.3) is 0 Å². The van der Waals surface area contributed by atoms with E-state index in [1.165, 1.54) is 5.56 Å². The van der Waals surface area contributed by atoms with Crippen molar-refractivity contribution in [3.63, 3.8) is 0 Å². The van der Waals surface area contributed by atoms with Gasteiger partial charge in [-0.3, -0.25) is 0 Å². The molecule has 19 heavy (non-hydrogen) atoms. The first kappa shape index (κ1) is 10.4. The van der Waals surface area contributed by atoms with Gasteiger partial charge in [0.2, 0.25) is 0 Å². The van der Waals surface area contributed by atoms with Crippen molar-refractivity contribution in [1.82, 2.24) is 15.0 Å². The summed E-state index contributed by atoms with van der Waals surface area (Å²) < 4.78 is 5.90. The minimum absolute atomic E-state index is 0.0761. The van der Waals surface area contributed by atoms with Gasteiger partial charge in [0.05, 0.1) is 5.52 Å². The Bertz CT molecular complexity index is 740. The van der Waals surface area contributed by atoms with Crippen LogP contribution in [0.1, 0.15) is 17.5 Å². The van der Waals surface area contributed by atoms with Crippen LogP contribution in [0, 0.1) is 0 Å². The lowest BCUT2D eigenvalue weighted by Gasteiger charge is -2.06. The first-order chi connectivity index (χ1) is 9.29. The Kier molecular flexibility index (Phi) is 2.03. The van der Waals surface area contributed by atoms with Crippen LogP contribution in [-0.2, 0) is 6.42 Å². The van der Waals surface area contributed by atoms with Gasteiger partial charge in [0.1, 0.15) is 11.6 Å². The van der Waals surface area contributed by atoms with Gasteiger partial charge in [-0.25, -0.2) is 9.97 Å². The number of nitrogens with zero attached hydrogens (tertiary/aromatic N) is 2. The van der Waals surface area contributed by atoms with Gasteiger partial charge < -0.3 is 15.5 Å². The number of imidazole rings is 1. The normalized spacial score (nSPS) is 17.4. The number of pyridine rings is 1. The molecule has 3 N–H and O–H groups in total. The SMILES string of the molecule is Nc1ccc2[nH]c(C3Cc4ccccc4O3)nc2n1. The van der Waals surface area contributed by atoms with Crippen molar-refractivity contribution in [2.45, 2.75) is 12.5 Å². The van der Waals surface area contributed by atoms with E-state index in [1.54, 1.807) is 6.07 Å². The van der Waals surface area contributed by atoms with Gasteiger partial charge in [-0.1, -0.05) is 18.2 Å². The minimum Gasteiger partial charge on any atom is -0.482 e. The van der Waals surface area contributed by atoms with Gasteiger partial charge >= 0.3 is 0 Å². The van der Waals surface area contributed by atoms with Crippen molar-refractivity contribution in [1.29, 1.82) is 0 Å². The van der Waals surface area contributed by atoms with Crippen LogP contribution in [-0.4, -0.2) is 15.0 Å². The van der Waals surface area contributed by atoms with Crippen LogP contribution in [0.2, 0.25) is 0 Å². The molecule has 3 heterocycles. The number of rotatable bonds is 1. The largest absolute Gasteiger partial charge is 0.482 e. The van der Waals surface area contributed by atoms with Crippen LogP contribution < -0.4 is 10.5 Å². The van der Waals surface area contributed by atoms with Crippen LogP contribution >= 0.6 is 0 Å². The molecule has 0 radical (unpaired) electrons. The molecule has 5 nitrogen and oxygen atoms in total. The summed E-state index contributed by atoms with van der Waals surface area (Å²) in [5.74, 6) is 2.20. The molecule has 0 saturated heterocycles. The van der Waals surface area contributed by atoms with Crippen LogP contribution in [0.25, 0.3) is 11.2 Å². The maximum Gasteiger partial charge on any atom is 0.179 e. The lowest BCUT2D eigenvalue weighted by atomic mass is 10.1. The van der Waals surface area contributed by atoms with E-state index >= 15 is 0 Å². The number of nitrogen functional groups attached to an aromatic ring is 1. The predicted octanol–water partition coefficient (Wildman–Crippen LogP) is 2.22. The van der Waals surface area contributed by atoms with E-state index in [0.29, 0.717) is 11.5 Å². The highest BCUT2D eigenvalue weighted by atomic mass is 16.5. The molecule has 3 aromatic rings. The number of benzene rings is 1. The van der Waals surface area contributed by atoms with Crippen molar-refractivity contribution >= 4 is 17.0 Å². The number of anilines is 1. The molecule has 1 atom stereocenters. The summed E-state index contributed by atoms with van der Waals surface area (Å²) in [6.07, 6.45) is 0.749. The highest BCUT2D eigenvalue weighted by Gasteiger charge is 2.26. The maximum atomic E-state index is 5.90. The van der Waals surface area contributed by atoms with Gasteiger partial charge in [-0.05, 0) is 23.8 Å². The van der Waals surface area contributed by atoms with Crippen molar-refractivity contribution < 1.29 is 4.74 Å². The van der Waals surface area contributed by atoms with Crippen molar-refractivity contribution in [3.8, 4) is 5.75 Å². The second kappa shape index (κ2) is 3.71. The fourth-order valence-corrected chi connectivity index (χ4v) is 2.41. The molecule has 5 heteroatoms. The number of hydrogen-bond acceptors (Lipinski definition) is 4. The Morgan fingerprint density at radius 2 is 2.05 bits per heavy atom. The zero-order valence-corrected chi connectivity index (χ0v) is 10.1. The fourth-order valence-electron chi connectivity index (χ4n) is 2.41. The lowest BCUT2D eigenvalue weighted by molar-refractivity contribution is 0.229. The number of para-hydroxylation sites is 1. The third-order valence-corrected chi connectivity index (χ3v) is 3.34. The molecule has 94 valence electrons. The first-order valence-electron chi connectivity index (χ1n) is 6.16. The standard InChI is InChI=1S/C14H12N4O/c15-12-6-5-9-13(17-12)18-14(16-9)11-7-8-3-1-2-4-10(8)19-11/h1-6,11H,7H2,(H3,15,16,17,18). The number of nitrogens with one attached hydrogen (secondary N) is 1. The molecule has 0 amide bonds. The first-order valence-corrected chi connectivity index (χ1v) is 6.16. The Morgan fingerprint density at radius 1 is 1.16 bits per heavy atom. The number of hydrogen-bond donors (Lipinski definition) is 2. The number of aromatic nitrogens is 3. The number of fused-ring (bicyclic) bond motifs is 2. The third kappa shape index (κ3) is 1.62. The van der Waals surface area contributed by atoms with E-state index in [1.807, 2.05) is 24.3 Å². The molecule has 1 aromatic carbocycles. The second-order valence-electron chi connectivity index (χ2n) is 4.65. The Labute approximate surface area is 109 Å². The molecule has 4 rings (SSSR count). The summed E-state index contributed by atoms with van der Waals surface area (Å²) in [6.45, 7) is 0. The Morgan fingerprint density at radius 3 is 2.95 bits per heavy atom. The van der Waals surface area contributed by atoms with Crippen LogP contribution in [0.3, 0.4) is 0 Å². The van der Waals surface area contributed by atoms with Crippen LogP contribution in [0.4, 0.5) is 5.82 Å². The monoisotopic (exact) mass is 252 g/mol. The number of ether oxygens (including phenoxy) is 1. The fraction of sp³-hybridized carbons (Fsp3) is 0.143. The number of aromatic amines is 1. The zero-order valence-electron chi connectivity index (χ0n) is 10.1. The van der Waals surface area contributed by atoms with Crippen LogP contribution in [0.5, 0.6) is 5.75 Å². The molecule has 1 aliphatic heterocycles. The molecular formula is C14H12N4O. The summed E-state index contributed by atoms with van der Waals surface area (Å²) in [6, 6.07) is 11.7. The molecule has 0 aliphatic carbocycles. The lowest BCUT2D eigenvalue weighted by Crippen LogP contribution is -2.05. The molecule has 2 aromatic heterocycles. The smallest absolute Gasteiger partial charge is 0.179 e. The molecule has 0 saturated carbocycles. The van der Waals surface area contributed by atoms with E-state index in [4.69, 9.17) is 10.5 Å². The molecule has 0 spiro atoms. The van der Waals surface area contributed by atoms with Crippen molar-refractivity contribution in [2.75, 3.05) is 5.73 Å². The van der Waals surface area contributed by atoms with E-state index in [0.717, 1.165) is 23.5 Å². The molecule has 1 aliphatic rings. The topological polar surface area (TPSA) is 76.8 Å². The average Bonchev–Trinajstić information content (AvgIpc) is 3.00. The zero-order chi connectivity index (χ0) is 12.8. The number of nitrogens with two attached hydrogens (primary N) is 1. The molecule has 0 fully saturated rings. The molecule has 0 bridgehead atoms. The number of H-pyrrole nitrogens is 1. The average molecular weight is 252 g/mol. The molecular weight excluding hydrogens is 240 g/mol. The highest BCUT2D eigenvalue weighted by Crippen LogP contribution is 2.35. The second-order valence-corrected chi connectivity index (χ2v) is 4.65. The van der Waals surface area contributed by atoms with Crippen LogP contribution in [0.15, 0.2) is 36.4 Å². The summed E-state index contributed by atoms with van der Waals surface area (Å²) in [7, 11) is 0. The molecule has 1 unspecified atom stereocenters. The van der Waals surface area contributed by atoms with Gasteiger partial charge in [-0.15, -0.1) is 0 Å². The third-order valence-electron chi connectivity index (χ3n) is 3.34. The van der Waals surface area contributed by atoms with E-state index in [2.05, 4.69) is 21.0 Å². The predicted molar refractivity (Wildman–Crippen MR) is 71.8 cm³/mol. The van der Waals surface area contributed by atoms with Gasteiger partial charge in [0.15, 0.2) is 17.6 Å². The van der Waals surface area contributed by atoms with Crippen molar-refractivity contribution in [2.24, 2.45) is 0 Å². The Hall–Kier alpha value is -2.56. The van der Waals surface area contributed by atoms with Gasteiger partial charge in [0, 0.05) is 6.42 Å². The van der Waals surface area contributed by atoms with E-state index < -0.39 is 0 Å². The van der Waals surface area contributed by atoms with Gasteiger partial charge in [-0.2, -0.15) is 0 Å². The van der Waals surface area contributed by atoms with Crippen molar-refractivity contribution in [3.05, 3.63) is 47.8 Å². The summed E-state index contributed by atoms with van der Waals surface area (Å²) in [5, 5.41) is 0. The summed E-state index contributed by atoms with van der Waals surface area (Å²) in [5.41, 5.74) is 8.38. The quantitative estimate of drug-likeness (QED) is 0.696. The van der Waals surface area contributed by atoms with E-state index in [-0.39, 0.29) is 6.10 Å². The Balaban J connectivity index is 1.73. The summed E-state index contributed by atoms with van der Waals surface area (Å²) >= 11 is 0.